The van der Waals surface area contributed by atoms with Crippen molar-refractivity contribution in [2.24, 2.45) is 0 Å². The number of rotatable bonds is 6. The van der Waals surface area contributed by atoms with Crippen LogP contribution in [0.2, 0.25) is 0 Å². The van der Waals surface area contributed by atoms with Gasteiger partial charge in [0.15, 0.2) is 0 Å². The van der Waals surface area contributed by atoms with E-state index in [1.807, 2.05) is 36.4 Å². The molecule has 0 radical (unpaired) electrons. The van der Waals surface area contributed by atoms with Crippen LogP contribution in [0.3, 0.4) is 0 Å². The van der Waals surface area contributed by atoms with Crippen LogP contribution >= 0.6 is 0 Å². The Morgan fingerprint density at radius 1 is 1.00 bits per heavy atom. The zero-order valence-corrected chi connectivity index (χ0v) is 12.5. The van der Waals surface area contributed by atoms with Crippen molar-refractivity contribution < 1.29 is 14.3 Å². The minimum Gasteiger partial charge on any atom is -0.466 e. The number of carbonyl (C=O) groups excluding carboxylic acids is 2. The van der Waals surface area contributed by atoms with Gasteiger partial charge in [-0.25, -0.2) is 0 Å². The average molecular weight is 297 g/mol. The molecule has 0 bridgehead atoms. The molecule has 1 N–H and O–H groups in total. The first-order valence-electron chi connectivity index (χ1n) is 7.27. The zero-order valence-electron chi connectivity index (χ0n) is 12.5. The van der Waals surface area contributed by atoms with Crippen LogP contribution in [0.15, 0.2) is 60.7 Å². The molecule has 2 aromatic rings. The summed E-state index contributed by atoms with van der Waals surface area (Å²) >= 11 is 0. The second-order valence-electron chi connectivity index (χ2n) is 4.81. The molecule has 0 aliphatic carbocycles. The fourth-order valence-corrected chi connectivity index (χ4v) is 2.16. The molecule has 0 heterocycles. The molecule has 2 rings (SSSR count). The summed E-state index contributed by atoms with van der Waals surface area (Å²) in [6.45, 7) is 2.09. The standard InChI is InChI=1S/C18H19NO3/c1-2-22-17(20)13-16(14-9-5-3-6-10-14)19-18(21)15-11-7-4-8-12-15/h3-12,16H,2,13H2,1H3,(H,19,21)/t16-/m1/s1. The lowest BCUT2D eigenvalue weighted by molar-refractivity contribution is -0.143. The molecule has 0 unspecified atom stereocenters. The predicted octanol–water partition coefficient (Wildman–Crippen LogP) is 3.11. The van der Waals surface area contributed by atoms with Crippen molar-refractivity contribution in [3.8, 4) is 0 Å². The highest BCUT2D eigenvalue weighted by molar-refractivity contribution is 5.94. The molecule has 0 spiro atoms. The van der Waals surface area contributed by atoms with Gasteiger partial charge in [0, 0.05) is 5.56 Å². The van der Waals surface area contributed by atoms with Crippen molar-refractivity contribution in [3.05, 3.63) is 71.8 Å². The van der Waals surface area contributed by atoms with Crippen molar-refractivity contribution in [1.82, 2.24) is 5.32 Å². The minimum atomic E-state index is -0.409. The van der Waals surface area contributed by atoms with Gasteiger partial charge in [-0.3, -0.25) is 9.59 Å². The number of ether oxygens (including phenoxy) is 1. The summed E-state index contributed by atoms with van der Waals surface area (Å²) in [7, 11) is 0. The maximum Gasteiger partial charge on any atom is 0.308 e. The van der Waals surface area contributed by atoms with E-state index in [9.17, 15) is 9.59 Å². The second-order valence-corrected chi connectivity index (χ2v) is 4.81. The molecule has 1 amide bonds. The first-order valence-corrected chi connectivity index (χ1v) is 7.27. The Morgan fingerprint density at radius 3 is 2.18 bits per heavy atom. The number of benzene rings is 2. The van der Waals surface area contributed by atoms with Gasteiger partial charge < -0.3 is 10.1 Å². The molecule has 4 nitrogen and oxygen atoms in total. The molecule has 0 aliphatic rings. The topological polar surface area (TPSA) is 55.4 Å². The van der Waals surface area contributed by atoms with Gasteiger partial charge in [-0.05, 0) is 24.6 Å². The van der Waals surface area contributed by atoms with E-state index in [2.05, 4.69) is 5.32 Å². The molecule has 0 saturated heterocycles. The predicted molar refractivity (Wildman–Crippen MR) is 84.3 cm³/mol. The van der Waals surface area contributed by atoms with Gasteiger partial charge in [-0.1, -0.05) is 48.5 Å². The van der Waals surface area contributed by atoms with E-state index < -0.39 is 6.04 Å². The lowest BCUT2D eigenvalue weighted by Gasteiger charge is -2.18. The van der Waals surface area contributed by atoms with Crippen molar-refractivity contribution in [1.29, 1.82) is 0 Å². The summed E-state index contributed by atoms with van der Waals surface area (Å²) in [4.78, 5) is 24.1. The molecular weight excluding hydrogens is 278 g/mol. The van der Waals surface area contributed by atoms with Crippen LogP contribution in [-0.4, -0.2) is 18.5 Å². The summed E-state index contributed by atoms with van der Waals surface area (Å²) in [6.07, 6.45) is 0.108. The molecule has 0 fully saturated rings. The van der Waals surface area contributed by atoms with Crippen molar-refractivity contribution >= 4 is 11.9 Å². The van der Waals surface area contributed by atoms with E-state index in [4.69, 9.17) is 4.74 Å². The van der Waals surface area contributed by atoms with Gasteiger partial charge >= 0.3 is 5.97 Å². The quantitative estimate of drug-likeness (QED) is 0.834. The Bertz CT molecular complexity index is 611. The molecule has 0 saturated carbocycles. The molecule has 22 heavy (non-hydrogen) atoms. The number of hydrogen-bond acceptors (Lipinski definition) is 3. The monoisotopic (exact) mass is 297 g/mol. The lowest BCUT2D eigenvalue weighted by atomic mass is 10.0. The molecule has 2 aromatic carbocycles. The van der Waals surface area contributed by atoms with E-state index in [-0.39, 0.29) is 18.3 Å². The number of hydrogen-bond donors (Lipinski definition) is 1. The second kappa shape index (κ2) is 7.98. The molecule has 0 aliphatic heterocycles. The Balaban J connectivity index is 2.14. The molecule has 4 heteroatoms. The summed E-state index contributed by atoms with van der Waals surface area (Å²) in [5.41, 5.74) is 1.44. The van der Waals surface area contributed by atoms with Gasteiger partial charge in [-0.2, -0.15) is 0 Å². The lowest BCUT2D eigenvalue weighted by Crippen LogP contribution is -2.30. The third-order valence-electron chi connectivity index (χ3n) is 3.22. The van der Waals surface area contributed by atoms with E-state index in [1.54, 1.807) is 31.2 Å². The summed E-state index contributed by atoms with van der Waals surface area (Å²) < 4.78 is 4.99. The van der Waals surface area contributed by atoms with Gasteiger partial charge in [0.05, 0.1) is 19.1 Å². The Kier molecular flexibility index (Phi) is 5.72. The van der Waals surface area contributed by atoms with Crippen molar-refractivity contribution in [3.63, 3.8) is 0 Å². The first-order chi connectivity index (χ1) is 10.7. The minimum absolute atomic E-state index is 0.108. The van der Waals surface area contributed by atoms with Crippen LogP contribution in [0.25, 0.3) is 0 Å². The fraction of sp³-hybridized carbons (Fsp3) is 0.222. The molecule has 0 aromatic heterocycles. The fourth-order valence-electron chi connectivity index (χ4n) is 2.16. The van der Waals surface area contributed by atoms with Crippen LogP contribution in [0.1, 0.15) is 35.3 Å². The van der Waals surface area contributed by atoms with Crippen molar-refractivity contribution in [2.75, 3.05) is 6.61 Å². The van der Waals surface area contributed by atoms with E-state index in [0.717, 1.165) is 5.56 Å². The van der Waals surface area contributed by atoms with Gasteiger partial charge in [0.25, 0.3) is 5.91 Å². The first kappa shape index (κ1) is 15.8. The van der Waals surface area contributed by atoms with Crippen molar-refractivity contribution in [2.45, 2.75) is 19.4 Å². The van der Waals surface area contributed by atoms with Crippen LogP contribution in [0.5, 0.6) is 0 Å². The normalized spacial score (nSPS) is 11.5. The summed E-state index contributed by atoms with van der Waals surface area (Å²) in [6, 6.07) is 17.9. The van der Waals surface area contributed by atoms with Gasteiger partial charge in [-0.15, -0.1) is 0 Å². The van der Waals surface area contributed by atoms with Crippen LogP contribution < -0.4 is 5.32 Å². The summed E-state index contributed by atoms with van der Waals surface area (Å²) in [5, 5.41) is 2.90. The SMILES string of the molecule is CCOC(=O)C[C@@H](NC(=O)c1ccccc1)c1ccccc1. The third kappa shape index (κ3) is 4.45. The molecule has 1 atom stereocenters. The Hall–Kier alpha value is -2.62. The van der Waals surface area contributed by atoms with E-state index >= 15 is 0 Å². The highest BCUT2D eigenvalue weighted by atomic mass is 16.5. The highest BCUT2D eigenvalue weighted by Crippen LogP contribution is 2.18. The molecular formula is C18H19NO3. The maximum absolute atomic E-state index is 12.3. The molecule has 114 valence electrons. The number of amides is 1. The highest BCUT2D eigenvalue weighted by Gasteiger charge is 2.19. The van der Waals surface area contributed by atoms with E-state index in [0.29, 0.717) is 12.2 Å². The number of carbonyl (C=O) groups is 2. The van der Waals surface area contributed by atoms with Crippen LogP contribution in [0, 0.1) is 0 Å². The van der Waals surface area contributed by atoms with Crippen LogP contribution in [-0.2, 0) is 9.53 Å². The third-order valence-corrected chi connectivity index (χ3v) is 3.22. The Morgan fingerprint density at radius 2 is 1.59 bits per heavy atom. The van der Waals surface area contributed by atoms with Gasteiger partial charge in [0.2, 0.25) is 0 Å². The number of esters is 1. The average Bonchev–Trinajstić information content (AvgIpc) is 2.56. The summed E-state index contributed by atoms with van der Waals surface area (Å²) in [5.74, 6) is -0.538. The maximum atomic E-state index is 12.3. The Labute approximate surface area is 130 Å². The van der Waals surface area contributed by atoms with Crippen LogP contribution in [0.4, 0.5) is 0 Å². The van der Waals surface area contributed by atoms with Gasteiger partial charge in [0.1, 0.15) is 0 Å². The largest absolute Gasteiger partial charge is 0.466 e. The van der Waals surface area contributed by atoms with E-state index in [1.165, 1.54) is 0 Å². The smallest absolute Gasteiger partial charge is 0.308 e. The number of nitrogens with one attached hydrogen (secondary N) is 1. The zero-order chi connectivity index (χ0) is 15.8.